The Bertz CT molecular complexity index is 6410. The Morgan fingerprint density at radius 1 is 0.573 bits per heavy atom. The highest BCUT2D eigenvalue weighted by Gasteiger charge is 2.39. The predicted octanol–water partition coefficient (Wildman–Crippen LogP) is 15.4. The van der Waals surface area contributed by atoms with E-state index in [4.69, 9.17) is 54.5 Å². The number of carbonyl (C=O) groups is 3. The molecule has 124 heavy (non-hydrogen) atoms. The lowest BCUT2D eigenvalue weighted by molar-refractivity contribution is -0.130. The molecule has 2 N–H and O–H groups in total. The van der Waals surface area contributed by atoms with Crippen molar-refractivity contribution in [3.05, 3.63) is 228 Å². The number of nitrogens with one attached hydrogen (secondary N) is 1. The summed E-state index contributed by atoms with van der Waals surface area (Å²) in [7, 11) is 0. The number of aromatic nitrogens is 13. The molecule has 0 spiro atoms. The first-order valence-corrected chi connectivity index (χ1v) is 41.8. The number of nitrogens with zero attached hydrogens (tertiary/aromatic N) is 18. The normalized spacial score (nSPS) is 16.9. The number of fused-ring (bicyclic) bond motifs is 4. The number of pyridine rings is 5. The minimum Gasteiger partial charge on any atom is -0.434 e. The third-order valence-corrected chi connectivity index (χ3v) is 23.3. The second kappa shape index (κ2) is 36.7. The van der Waals surface area contributed by atoms with Crippen molar-refractivity contribution in [1.82, 2.24) is 78.5 Å². The summed E-state index contributed by atoms with van der Waals surface area (Å²) in [4.78, 5) is 128. The molecule has 3 aromatic carbocycles. The number of benzene rings is 3. The number of H-pyrrole nitrogens is 1. The van der Waals surface area contributed by atoms with Crippen LogP contribution in [0.5, 0.6) is 5.75 Å². The van der Waals surface area contributed by atoms with Crippen LogP contribution in [0, 0.1) is 32.0 Å². The molecule has 0 radical (unpaired) electrons. The number of aromatic amines is 1. The van der Waals surface area contributed by atoms with E-state index in [1.165, 1.54) is 39.5 Å². The molecule has 3 fully saturated rings. The van der Waals surface area contributed by atoms with Crippen molar-refractivity contribution >= 4 is 114 Å². The number of hydrogen-bond donors (Lipinski definition) is 2. The molecule has 0 saturated carbocycles. The number of rotatable bonds is 17. The van der Waals surface area contributed by atoms with Gasteiger partial charge in [-0.25, -0.2) is 42.9 Å². The van der Waals surface area contributed by atoms with Crippen molar-refractivity contribution < 1.29 is 37.4 Å². The molecular weight excluding hydrogens is 1650 g/mol. The molecule has 15 rings (SSSR count). The first-order valence-electron chi connectivity index (χ1n) is 40.7. The summed E-state index contributed by atoms with van der Waals surface area (Å²) in [5, 5.41) is 20.6. The van der Waals surface area contributed by atoms with Gasteiger partial charge in [0, 0.05) is 111 Å². The second-order valence-electron chi connectivity index (χ2n) is 33.1. The maximum absolute atomic E-state index is 14.6. The van der Waals surface area contributed by atoms with Crippen LogP contribution in [0.25, 0.3) is 89.2 Å². The highest BCUT2D eigenvalue weighted by atomic mass is 35.5. The fourth-order valence-electron chi connectivity index (χ4n) is 16.4. The van der Waals surface area contributed by atoms with Crippen molar-refractivity contribution in [2.24, 2.45) is 5.41 Å². The number of alkyl halides is 2. The van der Waals surface area contributed by atoms with Crippen LogP contribution in [0.2, 0.25) is 15.1 Å². The maximum atomic E-state index is 14.6. The maximum Gasteiger partial charge on any atom is 0.387 e. The number of halogens is 6. The highest BCUT2D eigenvalue weighted by Crippen LogP contribution is 2.43. The third kappa shape index (κ3) is 17.7. The largest absolute Gasteiger partial charge is 0.434 e. The summed E-state index contributed by atoms with van der Waals surface area (Å²) in [6.07, 6.45) is 9.05. The number of hydrogen-bond acceptors (Lipinski definition) is 20. The van der Waals surface area contributed by atoms with Crippen molar-refractivity contribution in [1.29, 1.82) is 0 Å². The molecule has 12 aromatic rings. The molecule has 3 aliphatic heterocycles. The van der Waals surface area contributed by atoms with Gasteiger partial charge in [0.2, 0.25) is 17.7 Å². The van der Waals surface area contributed by atoms with Crippen LogP contribution >= 0.6 is 34.8 Å². The van der Waals surface area contributed by atoms with E-state index in [0.717, 1.165) is 38.9 Å². The Hall–Kier alpha value is -12.3. The molecule has 9 aromatic heterocycles. The highest BCUT2D eigenvalue weighted by molar-refractivity contribution is 6.35. The number of anilines is 3. The molecule has 5 atom stereocenters. The van der Waals surface area contributed by atoms with Crippen LogP contribution in [0.4, 0.5) is 30.6 Å². The zero-order valence-electron chi connectivity index (χ0n) is 71.4. The number of carbonyl (C=O) groups excluding carboxylic acids is 3. The first-order chi connectivity index (χ1) is 59.0. The van der Waals surface area contributed by atoms with Gasteiger partial charge in [-0.1, -0.05) is 139 Å². The quantitative estimate of drug-likeness (QED) is 0.0800. The van der Waals surface area contributed by atoms with E-state index < -0.39 is 35.5 Å². The van der Waals surface area contributed by atoms with Crippen LogP contribution in [0.3, 0.4) is 0 Å². The number of aliphatic hydroxyl groups excluding tert-OH is 1. The van der Waals surface area contributed by atoms with Gasteiger partial charge in [0.25, 0.3) is 0 Å². The van der Waals surface area contributed by atoms with Crippen molar-refractivity contribution in [2.45, 2.75) is 152 Å². The number of aryl methyl sites for hydroxylation is 3. The van der Waals surface area contributed by atoms with Crippen LogP contribution in [-0.4, -0.2) is 191 Å². The molecule has 4 unspecified atom stereocenters. The minimum atomic E-state index is -3.06. The van der Waals surface area contributed by atoms with Gasteiger partial charge >= 0.3 is 23.7 Å². The molecular formula is C91H97Cl3F3N19O8. The summed E-state index contributed by atoms with van der Waals surface area (Å²) < 4.78 is 50.6. The first kappa shape index (κ1) is 89.5. The van der Waals surface area contributed by atoms with E-state index in [0.29, 0.717) is 119 Å². The monoisotopic (exact) mass is 1750 g/mol. The Morgan fingerprint density at radius 2 is 1.04 bits per heavy atom. The molecule has 3 aliphatic rings. The Morgan fingerprint density at radius 3 is 1.54 bits per heavy atom. The molecule has 646 valence electrons. The van der Waals surface area contributed by atoms with Gasteiger partial charge in [-0.05, 0) is 155 Å². The molecule has 33 heteroatoms. The summed E-state index contributed by atoms with van der Waals surface area (Å²) in [5.74, 6) is 0.0426. The number of para-hydroxylation sites is 1. The molecule has 0 aliphatic carbocycles. The summed E-state index contributed by atoms with van der Waals surface area (Å²) >= 11 is 20.5. The Kier molecular flexibility index (Phi) is 26.5. The van der Waals surface area contributed by atoms with Gasteiger partial charge in [0.1, 0.15) is 34.7 Å². The van der Waals surface area contributed by atoms with E-state index in [2.05, 4.69) is 59.8 Å². The predicted molar refractivity (Wildman–Crippen MR) is 480 cm³/mol. The van der Waals surface area contributed by atoms with Gasteiger partial charge in [0.15, 0.2) is 11.3 Å². The summed E-state index contributed by atoms with van der Waals surface area (Å²) in [6.45, 7) is 38.2. The zero-order valence-corrected chi connectivity index (χ0v) is 73.6. The average molecular weight is 1750 g/mol. The van der Waals surface area contributed by atoms with Crippen molar-refractivity contribution in [3.63, 3.8) is 0 Å². The fraction of sp³-hybridized carbons (Fsp3) is 0.352. The standard InChI is InChI=1S/C33H35ClN8O2.C32H33ClF2N6O3.C26H29ClFN5O3/c1-8-25(43)40-15-21(7)41(16-20(40)6)31-23-13-24(34)29(26-18(4)9-10-22-14-36-39-28(22)26)37-32(23)42(33(44)38-31)30-19(5)11-12-35-27(30)17(2)3;1-7-25(42)39-15-20(6)40(16-19(39)5)29-22-14-23(33)27(21-10-8-9-11-24(21)44-31(34)35)37-30(22)41(32(43)38-29)28-18(4)12-13-36-26(28)17(2)3;1-5-21(35)32-11-10-31(13-16(32)14-34)23-18-12-19(27)22(17-8-6-7-9-20(17)28)29-24(18)33(25(36)30-23)15-26(2,3)4/h8-14,17,20-21H,1,15-16H2,2-7H3,(H,36,39);7-14,17,19-20,31H,1,15-16H2,2-6H3;5-9,12,16,34H,1,10-11,13-15H2,2-4H3/t;;16-/m..1/s1. The average Bonchev–Trinajstić information content (AvgIpc) is 0.859. The van der Waals surface area contributed by atoms with E-state index in [1.807, 2.05) is 131 Å². The number of ether oxygens (including phenoxy) is 1. The lowest BCUT2D eigenvalue weighted by Crippen LogP contribution is -2.58. The summed E-state index contributed by atoms with van der Waals surface area (Å²) in [6, 6.07) is 24.1. The van der Waals surface area contributed by atoms with E-state index in [-0.39, 0.29) is 116 Å². The molecule has 27 nitrogen and oxygen atoms in total. The van der Waals surface area contributed by atoms with Crippen molar-refractivity contribution in [2.75, 3.05) is 67.1 Å². The Balaban J connectivity index is 0.000000161. The zero-order chi connectivity index (χ0) is 89.5. The third-order valence-electron chi connectivity index (χ3n) is 22.4. The van der Waals surface area contributed by atoms with Gasteiger partial charge in [-0.2, -0.15) is 28.8 Å². The fourth-order valence-corrected chi connectivity index (χ4v) is 17.2. The van der Waals surface area contributed by atoms with Gasteiger partial charge in [0.05, 0.1) is 95.4 Å². The Labute approximate surface area is 729 Å². The van der Waals surface area contributed by atoms with Crippen LogP contribution in [0.1, 0.15) is 116 Å². The smallest absolute Gasteiger partial charge is 0.387 e. The van der Waals surface area contributed by atoms with Gasteiger partial charge < -0.3 is 39.2 Å². The van der Waals surface area contributed by atoms with E-state index in [1.54, 1.807) is 92.5 Å². The van der Waals surface area contributed by atoms with Crippen molar-refractivity contribution in [3.8, 4) is 50.9 Å². The van der Waals surface area contributed by atoms with E-state index >= 15 is 0 Å². The number of aliphatic hydroxyl groups is 1. The number of amides is 3. The minimum absolute atomic E-state index is 0.0376. The van der Waals surface area contributed by atoms with Crippen LogP contribution in [0.15, 0.2) is 162 Å². The lowest BCUT2D eigenvalue weighted by atomic mass is 9.97. The SMILES string of the molecule is C=CC(=O)N1CC(C)N(c2nc(=O)n(-c3c(C)ccnc3C(C)C)c3nc(-c4c(C)ccc5cn[nH]c45)c(Cl)cc23)CC1C.C=CC(=O)N1CC(C)N(c2nc(=O)n(-c3c(C)ccnc3C(C)C)c3nc(-c4ccccc4OC(F)F)c(Cl)cc23)CC1C.C=CC(=O)N1CCN(c2nc(=O)n(CC(C)(C)C)c3nc(-c4ccccc4F)c(Cl)cc23)C[C@@H]1CO. The van der Waals surface area contributed by atoms with Gasteiger partial charge in [-0.15, -0.1) is 0 Å². The lowest BCUT2D eigenvalue weighted by Gasteiger charge is -2.44. The summed E-state index contributed by atoms with van der Waals surface area (Å²) in [5.41, 5.74) is 7.47. The van der Waals surface area contributed by atoms with Gasteiger partial charge in [-0.3, -0.25) is 34.0 Å². The van der Waals surface area contributed by atoms with Crippen LogP contribution < -0.4 is 36.5 Å². The molecule has 12 heterocycles. The molecule has 0 bridgehead atoms. The second-order valence-corrected chi connectivity index (χ2v) is 34.4. The molecule has 3 amide bonds. The topological polar surface area (TPSA) is 298 Å². The van der Waals surface area contributed by atoms with E-state index in [9.17, 15) is 47.0 Å². The molecule has 3 saturated heterocycles. The van der Waals surface area contributed by atoms with Crippen LogP contribution in [-0.2, 0) is 20.9 Å². The number of piperazine rings is 3.